The summed E-state index contributed by atoms with van der Waals surface area (Å²) in [5.41, 5.74) is 1.69. The summed E-state index contributed by atoms with van der Waals surface area (Å²) in [6.45, 7) is 2.31. The Kier molecular flexibility index (Phi) is 1.85. The minimum Gasteiger partial charge on any atom is -0.0841 e. The Labute approximate surface area is 69.0 Å². The van der Waals surface area contributed by atoms with Gasteiger partial charge in [-0.15, -0.1) is 0 Å². The smallest absolute Gasteiger partial charge is 0.00173 e. The third-order valence-corrected chi connectivity index (χ3v) is 3.08. The number of hydrogen-bond donors (Lipinski definition) is 0. The van der Waals surface area contributed by atoms with Gasteiger partial charge in [0.25, 0.3) is 0 Å². The molecule has 0 spiro atoms. The molecule has 0 aliphatic heterocycles. The van der Waals surface area contributed by atoms with Crippen molar-refractivity contribution in [3.8, 4) is 0 Å². The summed E-state index contributed by atoms with van der Waals surface area (Å²) in [5.74, 6) is 1.79. The van der Waals surface area contributed by atoms with Crippen molar-refractivity contribution >= 4 is 0 Å². The quantitative estimate of drug-likeness (QED) is 0.500. The lowest BCUT2D eigenvalue weighted by Crippen LogP contribution is -2.11. The van der Waals surface area contributed by atoms with Crippen molar-refractivity contribution < 1.29 is 0 Å². The van der Waals surface area contributed by atoms with Gasteiger partial charge in [-0.25, -0.2) is 0 Å². The zero-order chi connectivity index (χ0) is 7.68. The van der Waals surface area contributed by atoms with Crippen LogP contribution in [0.1, 0.15) is 32.6 Å². The van der Waals surface area contributed by atoms with Crippen LogP contribution in [0.15, 0.2) is 23.8 Å². The van der Waals surface area contributed by atoms with E-state index < -0.39 is 0 Å². The molecular formula is C11H16. The lowest BCUT2D eigenvalue weighted by molar-refractivity contribution is 0.414. The predicted octanol–water partition coefficient (Wildman–Crippen LogP) is 3.31. The number of rotatable bonds is 1. The van der Waals surface area contributed by atoms with E-state index >= 15 is 0 Å². The van der Waals surface area contributed by atoms with Crippen LogP contribution in [0, 0.1) is 11.8 Å². The molecule has 2 rings (SSSR count). The van der Waals surface area contributed by atoms with Gasteiger partial charge in [0.15, 0.2) is 0 Å². The molecule has 0 fully saturated rings. The Balaban J connectivity index is 2.09. The van der Waals surface area contributed by atoms with Crippen LogP contribution in [0.25, 0.3) is 0 Å². The molecule has 0 aromatic rings. The Morgan fingerprint density at radius 3 is 3.27 bits per heavy atom. The van der Waals surface area contributed by atoms with Gasteiger partial charge in [-0.3, -0.25) is 0 Å². The second-order valence-corrected chi connectivity index (χ2v) is 3.76. The molecule has 0 heteroatoms. The summed E-state index contributed by atoms with van der Waals surface area (Å²) in [6, 6.07) is 0. The van der Waals surface area contributed by atoms with Gasteiger partial charge in [0.2, 0.25) is 0 Å². The van der Waals surface area contributed by atoms with Crippen LogP contribution in [0.5, 0.6) is 0 Å². The van der Waals surface area contributed by atoms with Crippen LogP contribution in [0.2, 0.25) is 0 Å². The zero-order valence-corrected chi connectivity index (χ0v) is 7.22. The molecular weight excluding hydrogens is 132 g/mol. The molecule has 0 nitrogen and oxygen atoms in total. The Hall–Kier alpha value is -0.520. The van der Waals surface area contributed by atoms with E-state index in [9.17, 15) is 0 Å². The van der Waals surface area contributed by atoms with E-state index in [2.05, 4.69) is 25.2 Å². The molecule has 2 unspecified atom stereocenters. The first kappa shape index (κ1) is 7.15. The second kappa shape index (κ2) is 2.84. The van der Waals surface area contributed by atoms with E-state index in [4.69, 9.17) is 0 Å². The van der Waals surface area contributed by atoms with E-state index in [1.165, 1.54) is 25.7 Å². The van der Waals surface area contributed by atoms with Gasteiger partial charge in [-0.2, -0.15) is 0 Å². The molecule has 60 valence electrons. The van der Waals surface area contributed by atoms with Crippen molar-refractivity contribution in [1.29, 1.82) is 0 Å². The largest absolute Gasteiger partial charge is 0.0841 e. The minimum atomic E-state index is 0.827. The fourth-order valence-corrected chi connectivity index (χ4v) is 2.21. The first-order chi connectivity index (χ1) is 5.40. The molecule has 0 heterocycles. The van der Waals surface area contributed by atoms with E-state index in [1.54, 1.807) is 5.57 Å². The highest BCUT2D eigenvalue weighted by Crippen LogP contribution is 2.36. The molecule has 11 heavy (non-hydrogen) atoms. The third-order valence-electron chi connectivity index (χ3n) is 3.08. The summed E-state index contributed by atoms with van der Waals surface area (Å²) in [6.07, 6.45) is 12.5. The predicted molar refractivity (Wildman–Crippen MR) is 48.3 cm³/mol. The van der Waals surface area contributed by atoms with Gasteiger partial charge in [-0.1, -0.05) is 37.1 Å². The lowest BCUT2D eigenvalue weighted by atomic mass is 9.82. The normalized spacial score (nSPS) is 35.2. The fourth-order valence-electron chi connectivity index (χ4n) is 2.21. The summed E-state index contributed by atoms with van der Waals surface area (Å²) >= 11 is 0. The number of hydrogen-bond acceptors (Lipinski definition) is 0. The van der Waals surface area contributed by atoms with Crippen LogP contribution in [0.4, 0.5) is 0 Å². The summed E-state index contributed by atoms with van der Waals surface area (Å²) in [5, 5.41) is 0. The van der Waals surface area contributed by atoms with Crippen molar-refractivity contribution in [2.45, 2.75) is 32.6 Å². The molecule has 0 bridgehead atoms. The highest BCUT2D eigenvalue weighted by molar-refractivity contribution is 5.25. The number of fused-ring (bicyclic) bond motifs is 1. The Morgan fingerprint density at radius 2 is 2.45 bits per heavy atom. The molecule has 0 aromatic carbocycles. The van der Waals surface area contributed by atoms with Gasteiger partial charge in [0.05, 0.1) is 0 Å². The highest BCUT2D eigenvalue weighted by atomic mass is 14.3. The van der Waals surface area contributed by atoms with Gasteiger partial charge >= 0.3 is 0 Å². The first-order valence-electron chi connectivity index (χ1n) is 4.75. The molecule has 0 N–H and O–H groups in total. The molecule has 0 amide bonds. The van der Waals surface area contributed by atoms with Crippen molar-refractivity contribution in [2.24, 2.45) is 11.8 Å². The topological polar surface area (TPSA) is 0 Å². The zero-order valence-electron chi connectivity index (χ0n) is 7.22. The van der Waals surface area contributed by atoms with Gasteiger partial charge in [0, 0.05) is 0 Å². The molecule has 0 saturated carbocycles. The summed E-state index contributed by atoms with van der Waals surface area (Å²) < 4.78 is 0. The van der Waals surface area contributed by atoms with Crippen LogP contribution in [-0.2, 0) is 0 Å². The maximum Gasteiger partial charge on any atom is -0.00173 e. The lowest BCUT2D eigenvalue weighted by Gasteiger charge is -2.23. The average Bonchev–Trinajstić information content (AvgIpc) is 2.50. The fraction of sp³-hybridized carbons (Fsp3) is 0.636. The maximum atomic E-state index is 2.47. The molecule has 0 saturated heterocycles. The van der Waals surface area contributed by atoms with Crippen molar-refractivity contribution in [2.75, 3.05) is 0 Å². The van der Waals surface area contributed by atoms with E-state index in [0.29, 0.717) is 0 Å². The molecule has 0 aromatic heterocycles. The SMILES string of the molecule is CCC1CC=C2CC=CC2C1. The van der Waals surface area contributed by atoms with Crippen LogP contribution >= 0.6 is 0 Å². The molecule has 2 aliphatic carbocycles. The van der Waals surface area contributed by atoms with E-state index in [0.717, 1.165) is 11.8 Å². The second-order valence-electron chi connectivity index (χ2n) is 3.76. The average molecular weight is 148 g/mol. The van der Waals surface area contributed by atoms with Crippen molar-refractivity contribution in [3.63, 3.8) is 0 Å². The summed E-state index contributed by atoms with van der Waals surface area (Å²) in [4.78, 5) is 0. The Morgan fingerprint density at radius 1 is 1.55 bits per heavy atom. The highest BCUT2D eigenvalue weighted by Gasteiger charge is 2.22. The van der Waals surface area contributed by atoms with Crippen LogP contribution in [-0.4, -0.2) is 0 Å². The monoisotopic (exact) mass is 148 g/mol. The van der Waals surface area contributed by atoms with Gasteiger partial charge in [0.1, 0.15) is 0 Å². The molecule has 2 aliphatic rings. The molecule has 0 radical (unpaired) electrons. The van der Waals surface area contributed by atoms with E-state index in [1.807, 2.05) is 0 Å². The minimum absolute atomic E-state index is 0.827. The maximum absolute atomic E-state index is 2.47. The van der Waals surface area contributed by atoms with Crippen molar-refractivity contribution in [1.82, 2.24) is 0 Å². The summed E-state index contributed by atoms with van der Waals surface area (Å²) in [7, 11) is 0. The third kappa shape index (κ3) is 1.26. The van der Waals surface area contributed by atoms with Gasteiger partial charge in [-0.05, 0) is 31.1 Å². The molecule has 2 atom stereocenters. The van der Waals surface area contributed by atoms with Crippen LogP contribution in [0.3, 0.4) is 0 Å². The standard InChI is InChI=1S/C11H16/c1-2-9-6-7-10-4-3-5-11(10)8-9/h3,5,7,9,11H,2,4,6,8H2,1H3. The van der Waals surface area contributed by atoms with E-state index in [-0.39, 0.29) is 0 Å². The Bertz CT molecular complexity index is 198. The van der Waals surface area contributed by atoms with Crippen LogP contribution < -0.4 is 0 Å². The first-order valence-corrected chi connectivity index (χ1v) is 4.75. The van der Waals surface area contributed by atoms with Gasteiger partial charge < -0.3 is 0 Å². The number of allylic oxidation sites excluding steroid dienone is 4. The van der Waals surface area contributed by atoms with Crippen molar-refractivity contribution in [3.05, 3.63) is 23.8 Å².